The minimum atomic E-state index is -4.06. The summed E-state index contributed by atoms with van der Waals surface area (Å²) in [6.07, 6.45) is -0.00292. The summed E-state index contributed by atoms with van der Waals surface area (Å²) < 4.78 is 39.2. The van der Waals surface area contributed by atoms with Crippen molar-refractivity contribution in [2.24, 2.45) is 11.8 Å². The molecule has 0 heterocycles. The third-order valence-electron chi connectivity index (χ3n) is 4.14. The van der Waals surface area contributed by atoms with Gasteiger partial charge in [-0.3, -0.25) is 0 Å². The van der Waals surface area contributed by atoms with Gasteiger partial charge in [-0.1, -0.05) is 31.9 Å². The lowest BCUT2D eigenvalue weighted by molar-refractivity contribution is -0.199. The maximum Gasteiger partial charge on any atom is 0.392 e. The molecule has 0 radical (unpaired) electrons. The van der Waals surface area contributed by atoms with Crippen LogP contribution in [0.15, 0.2) is 12.2 Å². The number of rotatable bonds is 5. The largest absolute Gasteiger partial charge is 0.392 e. The van der Waals surface area contributed by atoms with Crippen LogP contribution in [-0.4, -0.2) is 19.3 Å². The molecule has 0 amide bonds. The predicted molar refractivity (Wildman–Crippen MR) is 68.4 cm³/mol. The van der Waals surface area contributed by atoms with E-state index in [1.165, 1.54) is 0 Å². The molecule has 0 aliphatic heterocycles. The molecule has 1 fully saturated rings. The highest BCUT2D eigenvalue weighted by molar-refractivity contribution is 5.00. The van der Waals surface area contributed by atoms with E-state index in [1.807, 2.05) is 6.92 Å². The molecule has 1 nitrogen and oxygen atoms in total. The standard InChI is InChI=1S/C14H24F3N/c1-4-10(2)9-13(18-3)11-7-5-6-8-12(11)14(15,16)17/h11-13,18H,2,4-9H2,1,3H3. The Labute approximate surface area is 108 Å². The predicted octanol–water partition coefficient (Wildman–Crippen LogP) is 4.30. The van der Waals surface area contributed by atoms with E-state index in [4.69, 9.17) is 0 Å². The quantitative estimate of drug-likeness (QED) is 0.729. The van der Waals surface area contributed by atoms with Crippen molar-refractivity contribution < 1.29 is 13.2 Å². The Balaban J connectivity index is 2.77. The highest BCUT2D eigenvalue weighted by Crippen LogP contribution is 2.43. The third kappa shape index (κ3) is 4.01. The van der Waals surface area contributed by atoms with E-state index in [0.717, 1.165) is 18.4 Å². The normalized spacial score (nSPS) is 26.9. The minimum Gasteiger partial charge on any atom is -0.316 e. The van der Waals surface area contributed by atoms with E-state index in [-0.39, 0.29) is 18.4 Å². The summed E-state index contributed by atoms with van der Waals surface area (Å²) in [6.45, 7) is 5.92. The first-order chi connectivity index (χ1) is 8.40. The average Bonchev–Trinajstić information content (AvgIpc) is 2.34. The third-order valence-corrected chi connectivity index (χ3v) is 4.14. The number of halogens is 3. The van der Waals surface area contributed by atoms with Crippen LogP contribution in [0.2, 0.25) is 0 Å². The lowest BCUT2D eigenvalue weighted by Crippen LogP contribution is -2.44. The van der Waals surface area contributed by atoms with Gasteiger partial charge >= 0.3 is 6.18 Å². The molecule has 4 heteroatoms. The van der Waals surface area contributed by atoms with Gasteiger partial charge in [-0.2, -0.15) is 13.2 Å². The SMILES string of the molecule is C=C(CC)CC(NC)C1CCCCC1C(F)(F)F. The topological polar surface area (TPSA) is 12.0 Å². The molecule has 1 N–H and O–H groups in total. The Kier molecular flexibility index (Phi) is 5.70. The molecule has 1 rings (SSSR count). The van der Waals surface area contributed by atoms with Gasteiger partial charge in [0.25, 0.3) is 0 Å². The van der Waals surface area contributed by atoms with Gasteiger partial charge < -0.3 is 5.32 Å². The Morgan fingerprint density at radius 1 is 1.33 bits per heavy atom. The molecular weight excluding hydrogens is 239 g/mol. The lowest BCUT2D eigenvalue weighted by atomic mass is 9.73. The van der Waals surface area contributed by atoms with E-state index in [1.54, 1.807) is 7.05 Å². The van der Waals surface area contributed by atoms with Crippen molar-refractivity contribution in [1.29, 1.82) is 0 Å². The molecule has 3 atom stereocenters. The van der Waals surface area contributed by atoms with Gasteiger partial charge in [0.15, 0.2) is 0 Å². The Hall–Kier alpha value is -0.510. The van der Waals surface area contributed by atoms with Crippen LogP contribution in [0.3, 0.4) is 0 Å². The van der Waals surface area contributed by atoms with E-state index in [9.17, 15) is 13.2 Å². The second-order valence-electron chi connectivity index (χ2n) is 5.30. The fraction of sp³-hybridized carbons (Fsp3) is 0.857. The van der Waals surface area contributed by atoms with Crippen LogP contribution in [0.25, 0.3) is 0 Å². The molecule has 1 aliphatic rings. The lowest BCUT2D eigenvalue weighted by Gasteiger charge is -2.38. The summed E-state index contributed by atoms with van der Waals surface area (Å²) in [5.41, 5.74) is 1.03. The fourth-order valence-electron chi connectivity index (χ4n) is 2.97. The van der Waals surface area contributed by atoms with Crippen molar-refractivity contribution in [2.45, 2.75) is 57.7 Å². The van der Waals surface area contributed by atoms with Crippen LogP contribution in [0.1, 0.15) is 45.4 Å². The zero-order chi connectivity index (χ0) is 13.8. The van der Waals surface area contributed by atoms with Crippen LogP contribution in [-0.2, 0) is 0 Å². The maximum atomic E-state index is 13.1. The van der Waals surface area contributed by atoms with E-state index in [2.05, 4.69) is 11.9 Å². The number of nitrogens with one attached hydrogen (secondary N) is 1. The van der Waals surface area contributed by atoms with Crippen molar-refractivity contribution in [1.82, 2.24) is 5.32 Å². The Morgan fingerprint density at radius 2 is 1.94 bits per heavy atom. The average molecular weight is 263 g/mol. The molecule has 1 aliphatic carbocycles. The van der Waals surface area contributed by atoms with Crippen LogP contribution in [0.4, 0.5) is 13.2 Å². The van der Waals surface area contributed by atoms with Crippen molar-refractivity contribution in [3.63, 3.8) is 0 Å². The summed E-state index contributed by atoms with van der Waals surface area (Å²) in [5.74, 6) is -1.44. The van der Waals surface area contributed by atoms with E-state index in [0.29, 0.717) is 19.3 Å². The van der Waals surface area contributed by atoms with Gasteiger partial charge in [0.2, 0.25) is 0 Å². The first-order valence-electron chi connectivity index (χ1n) is 6.80. The molecular formula is C14H24F3N. The zero-order valence-electron chi connectivity index (χ0n) is 11.3. The Morgan fingerprint density at radius 3 is 2.44 bits per heavy atom. The molecule has 0 aromatic heterocycles. The van der Waals surface area contributed by atoms with Crippen molar-refractivity contribution >= 4 is 0 Å². The van der Waals surface area contributed by atoms with Crippen molar-refractivity contribution in [2.75, 3.05) is 7.05 Å². The van der Waals surface area contributed by atoms with E-state index < -0.39 is 12.1 Å². The summed E-state index contributed by atoms with van der Waals surface area (Å²) in [5, 5.41) is 3.08. The highest BCUT2D eigenvalue weighted by atomic mass is 19.4. The summed E-state index contributed by atoms with van der Waals surface area (Å²) >= 11 is 0. The van der Waals surface area contributed by atoms with Crippen LogP contribution < -0.4 is 5.32 Å². The van der Waals surface area contributed by atoms with Gasteiger partial charge in [-0.25, -0.2) is 0 Å². The number of alkyl halides is 3. The fourth-order valence-corrected chi connectivity index (χ4v) is 2.97. The summed E-state index contributed by atoms with van der Waals surface area (Å²) in [6, 6.07) is -0.0932. The summed E-state index contributed by atoms with van der Waals surface area (Å²) in [7, 11) is 1.76. The van der Waals surface area contributed by atoms with Gasteiger partial charge in [0.1, 0.15) is 0 Å². The van der Waals surface area contributed by atoms with E-state index >= 15 is 0 Å². The van der Waals surface area contributed by atoms with Crippen LogP contribution >= 0.6 is 0 Å². The first-order valence-corrected chi connectivity index (χ1v) is 6.80. The maximum absolute atomic E-state index is 13.1. The van der Waals surface area contributed by atoms with Crippen molar-refractivity contribution in [3.8, 4) is 0 Å². The molecule has 3 unspecified atom stereocenters. The molecule has 0 aromatic carbocycles. The van der Waals surface area contributed by atoms with Crippen molar-refractivity contribution in [3.05, 3.63) is 12.2 Å². The van der Waals surface area contributed by atoms with Crippen LogP contribution in [0.5, 0.6) is 0 Å². The molecule has 0 spiro atoms. The second-order valence-corrected chi connectivity index (χ2v) is 5.30. The second kappa shape index (κ2) is 6.60. The summed E-state index contributed by atoms with van der Waals surface area (Å²) in [4.78, 5) is 0. The Bertz CT molecular complexity index is 273. The number of hydrogen-bond acceptors (Lipinski definition) is 1. The van der Waals surface area contributed by atoms with Gasteiger partial charge in [0.05, 0.1) is 5.92 Å². The highest BCUT2D eigenvalue weighted by Gasteiger charge is 2.47. The molecule has 0 aromatic rings. The first kappa shape index (κ1) is 15.5. The molecule has 18 heavy (non-hydrogen) atoms. The molecule has 106 valence electrons. The molecule has 0 bridgehead atoms. The van der Waals surface area contributed by atoms with Gasteiger partial charge in [-0.05, 0) is 38.6 Å². The molecule has 0 saturated heterocycles. The smallest absolute Gasteiger partial charge is 0.316 e. The number of hydrogen-bond donors (Lipinski definition) is 1. The zero-order valence-corrected chi connectivity index (χ0v) is 11.3. The van der Waals surface area contributed by atoms with Gasteiger partial charge in [-0.15, -0.1) is 0 Å². The molecule has 1 saturated carbocycles. The van der Waals surface area contributed by atoms with Crippen LogP contribution in [0, 0.1) is 11.8 Å². The van der Waals surface area contributed by atoms with Gasteiger partial charge in [0, 0.05) is 6.04 Å². The monoisotopic (exact) mass is 263 g/mol. The minimum absolute atomic E-state index is 0.0932.